The highest BCUT2D eigenvalue weighted by Crippen LogP contribution is 1.86. The van der Waals surface area contributed by atoms with Gasteiger partial charge in [-0.15, -0.1) is 0 Å². The Morgan fingerprint density at radius 3 is 1.85 bits per heavy atom. The normalized spacial score (nSPS) is 7.92. The fraction of sp³-hybridized carbons (Fsp3) is 0.625. The Bertz CT molecular complexity index is 185. The van der Waals surface area contributed by atoms with Crippen molar-refractivity contribution in [2.45, 2.75) is 27.2 Å². The number of nitrogens with two attached hydrogens (primary N) is 1. The summed E-state index contributed by atoms with van der Waals surface area (Å²) in [7, 11) is 0. The number of esters is 1. The predicted octanol–water partition coefficient (Wildman–Crippen LogP) is 0.0202. The van der Waals surface area contributed by atoms with Gasteiger partial charge in [0.25, 0.3) is 0 Å². The minimum absolute atomic E-state index is 0.103. The number of amides is 1. The van der Waals surface area contributed by atoms with Crippen LogP contribution in [0.1, 0.15) is 27.2 Å². The highest BCUT2D eigenvalue weighted by molar-refractivity contribution is 5.94. The first-order valence-corrected chi connectivity index (χ1v) is 3.81. The van der Waals surface area contributed by atoms with Crippen molar-refractivity contribution in [3.05, 3.63) is 0 Å². The number of ether oxygens (including phenoxy) is 1. The first-order valence-electron chi connectivity index (χ1n) is 3.81. The lowest BCUT2D eigenvalue weighted by Gasteiger charge is -1.96. The van der Waals surface area contributed by atoms with Gasteiger partial charge in [-0.25, -0.2) is 0 Å². The molecule has 5 heteroatoms. The van der Waals surface area contributed by atoms with Gasteiger partial charge in [-0.2, -0.15) is 0 Å². The zero-order valence-corrected chi connectivity index (χ0v) is 8.12. The Balaban J connectivity index is 0. The third-order valence-corrected chi connectivity index (χ3v) is 0.699. The van der Waals surface area contributed by atoms with Crippen molar-refractivity contribution in [1.29, 1.82) is 0 Å². The molecule has 0 aliphatic carbocycles. The van der Waals surface area contributed by atoms with Crippen molar-refractivity contribution in [3.8, 4) is 0 Å². The summed E-state index contributed by atoms with van der Waals surface area (Å²) in [6.07, 6.45) is -0.103. The molecule has 0 aliphatic rings. The Morgan fingerprint density at radius 2 is 1.62 bits per heavy atom. The van der Waals surface area contributed by atoms with Gasteiger partial charge in [0.05, 0.1) is 6.61 Å². The zero-order chi connectivity index (χ0) is 10.9. The number of carbonyl (C=O) groups is 3. The van der Waals surface area contributed by atoms with Crippen LogP contribution >= 0.6 is 0 Å². The van der Waals surface area contributed by atoms with E-state index in [1.54, 1.807) is 6.92 Å². The minimum atomic E-state index is -0.440. The molecule has 1 amide bonds. The van der Waals surface area contributed by atoms with Crippen molar-refractivity contribution in [1.82, 2.24) is 0 Å². The summed E-state index contributed by atoms with van der Waals surface area (Å²) in [6, 6.07) is 0. The first-order chi connectivity index (χ1) is 5.90. The number of hydrogen-bond acceptors (Lipinski definition) is 4. The Morgan fingerprint density at radius 1 is 1.23 bits per heavy atom. The molecule has 0 bridgehead atoms. The van der Waals surface area contributed by atoms with Crippen LogP contribution in [0.4, 0.5) is 0 Å². The maximum atomic E-state index is 10.4. The Kier molecular flexibility index (Phi) is 9.48. The molecule has 0 atom stereocenters. The summed E-state index contributed by atoms with van der Waals surface area (Å²) in [4.78, 5) is 29.9. The first kappa shape index (κ1) is 14.2. The van der Waals surface area contributed by atoms with Gasteiger partial charge in [-0.1, -0.05) is 0 Å². The number of rotatable bonds is 3. The van der Waals surface area contributed by atoms with Gasteiger partial charge in [-0.05, 0) is 13.8 Å². The highest BCUT2D eigenvalue weighted by atomic mass is 16.5. The maximum absolute atomic E-state index is 10.4. The van der Waals surface area contributed by atoms with E-state index in [1.165, 1.54) is 13.8 Å². The molecule has 0 unspecified atom stereocenters. The molecular formula is C8H15NO4. The molecule has 0 aromatic heterocycles. The maximum Gasteiger partial charge on any atom is 0.313 e. The van der Waals surface area contributed by atoms with Gasteiger partial charge >= 0.3 is 5.97 Å². The molecular weight excluding hydrogens is 174 g/mol. The van der Waals surface area contributed by atoms with Crippen molar-refractivity contribution in [2.24, 2.45) is 5.73 Å². The van der Waals surface area contributed by atoms with E-state index in [9.17, 15) is 14.4 Å². The summed E-state index contributed by atoms with van der Waals surface area (Å²) in [5, 5.41) is 0. The van der Waals surface area contributed by atoms with Crippen LogP contribution < -0.4 is 5.73 Å². The molecule has 2 N–H and O–H groups in total. The fourth-order valence-corrected chi connectivity index (χ4v) is 0.415. The third kappa shape index (κ3) is 25.0. The molecule has 0 rings (SSSR count). The summed E-state index contributed by atoms with van der Waals surface area (Å²) in [5.74, 6) is -0.932. The van der Waals surface area contributed by atoms with E-state index in [-0.39, 0.29) is 18.1 Å². The van der Waals surface area contributed by atoms with E-state index in [4.69, 9.17) is 0 Å². The minimum Gasteiger partial charge on any atom is -0.466 e. The van der Waals surface area contributed by atoms with E-state index in [0.717, 1.165) is 0 Å². The quantitative estimate of drug-likeness (QED) is 0.501. The van der Waals surface area contributed by atoms with E-state index in [0.29, 0.717) is 6.61 Å². The van der Waals surface area contributed by atoms with Crippen LogP contribution in [-0.4, -0.2) is 24.3 Å². The van der Waals surface area contributed by atoms with Crippen LogP contribution in [0, 0.1) is 0 Å². The lowest BCUT2D eigenvalue weighted by atomic mass is 10.3. The summed E-state index contributed by atoms with van der Waals surface area (Å²) < 4.78 is 4.49. The average Bonchev–Trinajstić information content (AvgIpc) is 1.83. The second-order valence-corrected chi connectivity index (χ2v) is 2.29. The van der Waals surface area contributed by atoms with E-state index >= 15 is 0 Å². The summed E-state index contributed by atoms with van der Waals surface area (Å²) >= 11 is 0. The van der Waals surface area contributed by atoms with Crippen molar-refractivity contribution >= 4 is 17.7 Å². The molecule has 0 spiro atoms. The SMILES string of the molecule is CC(N)=O.CCOC(=O)CC(C)=O. The molecule has 0 fully saturated rings. The van der Waals surface area contributed by atoms with Crippen LogP contribution in [0.2, 0.25) is 0 Å². The van der Waals surface area contributed by atoms with E-state index in [1.807, 2.05) is 0 Å². The summed E-state index contributed by atoms with van der Waals surface area (Å²) in [6.45, 7) is 4.71. The molecule has 76 valence electrons. The van der Waals surface area contributed by atoms with Gasteiger partial charge < -0.3 is 10.5 Å². The summed E-state index contributed by atoms with van der Waals surface area (Å²) in [5.41, 5.74) is 4.47. The predicted molar refractivity (Wildman–Crippen MR) is 46.8 cm³/mol. The van der Waals surface area contributed by atoms with E-state index in [2.05, 4.69) is 10.5 Å². The van der Waals surface area contributed by atoms with Gasteiger partial charge in [0.15, 0.2) is 0 Å². The molecule has 0 aromatic carbocycles. The van der Waals surface area contributed by atoms with Crippen LogP contribution in [0.15, 0.2) is 0 Å². The van der Waals surface area contributed by atoms with Crippen molar-refractivity contribution in [3.63, 3.8) is 0 Å². The van der Waals surface area contributed by atoms with Crippen molar-refractivity contribution in [2.75, 3.05) is 6.61 Å². The molecule has 0 aliphatic heterocycles. The molecule has 5 nitrogen and oxygen atoms in total. The lowest BCUT2D eigenvalue weighted by molar-refractivity contribution is -0.145. The van der Waals surface area contributed by atoms with Gasteiger partial charge in [0.1, 0.15) is 12.2 Å². The second-order valence-electron chi connectivity index (χ2n) is 2.29. The van der Waals surface area contributed by atoms with Crippen LogP contribution in [0.3, 0.4) is 0 Å². The van der Waals surface area contributed by atoms with Gasteiger partial charge in [0, 0.05) is 6.92 Å². The largest absolute Gasteiger partial charge is 0.466 e. The molecule has 0 saturated carbocycles. The molecule has 13 heavy (non-hydrogen) atoms. The third-order valence-electron chi connectivity index (χ3n) is 0.699. The molecule has 0 aromatic rings. The monoisotopic (exact) mass is 189 g/mol. The van der Waals surface area contributed by atoms with Crippen LogP contribution in [0.5, 0.6) is 0 Å². The van der Waals surface area contributed by atoms with Crippen LogP contribution in [-0.2, 0) is 19.1 Å². The standard InChI is InChI=1S/C6H10O3.C2H5NO/c1-3-9-6(8)4-5(2)7;1-2(3)4/h3-4H2,1-2H3;1H3,(H2,3,4). The number of hydrogen-bond donors (Lipinski definition) is 1. The van der Waals surface area contributed by atoms with Gasteiger partial charge in [0.2, 0.25) is 5.91 Å². The van der Waals surface area contributed by atoms with Crippen molar-refractivity contribution < 1.29 is 19.1 Å². The molecule has 0 saturated heterocycles. The Labute approximate surface area is 77.2 Å². The van der Waals surface area contributed by atoms with Gasteiger partial charge in [-0.3, -0.25) is 14.4 Å². The lowest BCUT2D eigenvalue weighted by Crippen LogP contribution is -2.07. The fourth-order valence-electron chi connectivity index (χ4n) is 0.415. The van der Waals surface area contributed by atoms with Crippen LogP contribution in [0.25, 0.3) is 0 Å². The molecule has 0 heterocycles. The highest BCUT2D eigenvalue weighted by Gasteiger charge is 2.03. The average molecular weight is 189 g/mol. The molecule has 0 radical (unpaired) electrons. The Hall–Kier alpha value is -1.39. The second kappa shape index (κ2) is 8.70. The number of Topliss-reactive ketones (excluding diaryl/α,β-unsaturated/α-hetero) is 1. The van der Waals surface area contributed by atoms with E-state index < -0.39 is 5.97 Å². The topological polar surface area (TPSA) is 86.5 Å². The number of ketones is 1. The zero-order valence-electron chi connectivity index (χ0n) is 8.12. The number of carbonyl (C=O) groups excluding carboxylic acids is 3. The number of primary amides is 1. The smallest absolute Gasteiger partial charge is 0.313 e.